The first-order valence-corrected chi connectivity index (χ1v) is 12.0. The van der Waals surface area contributed by atoms with Crippen LogP contribution in [0.25, 0.3) is 0 Å². The van der Waals surface area contributed by atoms with Crippen LogP contribution in [0.2, 0.25) is 0 Å². The van der Waals surface area contributed by atoms with Gasteiger partial charge >= 0.3 is 0 Å². The van der Waals surface area contributed by atoms with Gasteiger partial charge in [-0.1, -0.05) is 42.5 Å². The molecule has 0 aromatic heterocycles. The second kappa shape index (κ2) is 11.0. The van der Waals surface area contributed by atoms with E-state index >= 15 is 0 Å². The zero-order chi connectivity index (χ0) is 22.1. The Morgan fingerprint density at radius 3 is 2.65 bits per heavy atom. The third kappa shape index (κ3) is 6.86. The Kier molecular flexibility index (Phi) is 8.13. The molecule has 0 aliphatic carbocycles. The Morgan fingerprint density at radius 1 is 1.16 bits per heavy atom. The van der Waals surface area contributed by atoms with Crippen LogP contribution in [0.15, 0.2) is 59.6 Å². The van der Waals surface area contributed by atoms with Crippen LogP contribution in [-0.2, 0) is 16.6 Å². The highest BCUT2D eigenvalue weighted by Crippen LogP contribution is 2.30. The molecule has 1 unspecified atom stereocenters. The molecule has 1 fully saturated rings. The molecular weight excluding hydrogens is 414 g/mol. The summed E-state index contributed by atoms with van der Waals surface area (Å²) in [5, 5.41) is 6.49. The fourth-order valence-corrected chi connectivity index (χ4v) is 4.44. The third-order valence-electron chi connectivity index (χ3n) is 5.18. The van der Waals surface area contributed by atoms with Crippen molar-refractivity contribution in [2.24, 2.45) is 4.99 Å². The predicted molar refractivity (Wildman–Crippen MR) is 125 cm³/mol. The van der Waals surface area contributed by atoms with E-state index in [1.165, 1.54) is 0 Å². The number of para-hydroxylation sites is 2. The molecule has 1 heterocycles. The molecule has 3 N–H and O–H groups in total. The quantitative estimate of drug-likeness (QED) is 0.401. The molecule has 0 saturated carbocycles. The van der Waals surface area contributed by atoms with Crippen LogP contribution in [0.4, 0.5) is 5.69 Å². The van der Waals surface area contributed by atoms with E-state index in [0.717, 1.165) is 36.5 Å². The number of sulfonamides is 1. The lowest BCUT2D eigenvalue weighted by Crippen LogP contribution is -2.46. The number of hydrogen-bond acceptors (Lipinski definition) is 5. The monoisotopic (exact) mass is 445 g/mol. The average molecular weight is 446 g/mol. The zero-order valence-electron chi connectivity index (χ0n) is 18.0. The van der Waals surface area contributed by atoms with Gasteiger partial charge in [0.1, 0.15) is 5.75 Å². The average Bonchev–Trinajstić information content (AvgIpc) is 3.26. The Labute approximate surface area is 184 Å². The Hall–Kier alpha value is -2.78. The highest BCUT2D eigenvalue weighted by Gasteiger charge is 2.25. The van der Waals surface area contributed by atoms with Gasteiger partial charge in [0.25, 0.3) is 0 Å². The molecule has 3 rings (SSSR count). The van der Waals surface area contributed by atoms with Gasteiger partial charge < -0.3 is 20.3 Å². The SMILES string of the molecule is CN=C(NCCS(=O)(=O)NCc1ccccc1)NC1CCN(c2ccccc2OC)C1. The van der Waals surface area contributed by atoms with Crippen molar-refractivity contribution in [3.63, 3.8) is 0 Å². The first kappa shape index (κ1) is 22.9. The number of nitrogens with zero attached hydrogens (tertiary/aromatic N) is 2. The normalized spacial score (nSPS) is 16.9. The second-order valence-corrected chi connectivity index (χ2v) is 9.30. The van der Waals surface area contributed by atoms with E-state index in [4.69, 9.17) is 4.74 Å². The van der Waals surface area contributed by atoms with Crippen LogP contribution in [0, 0.1) is 0 Å². The molecule has 0 amide bonds. The highest BCUT2D eigenvalue weighted by atomic mass is 32.2. The van der Waals surface area contributed by atoms with E-state index in [1.807, 2.05) is 48.5 Å². The summed E-state index contributed by atoms with van der Waals surface area (Å²) in [5.41, 5.74) is 2.00. The molecule has 8 nitrogen and oxygen atoms in total. The van der Waals surface area contributed by atoms with Crippen LogP contribution in [-0.4, -0.2) is 60.0 Å². The number of aliphatic imine (C=N–C) groups is 1. The molecule has 168 valence electrons. The van der Waals surface area contributed by atoms with E-state index in [2.05, 4.69) is 31.3 Å². The number of benzene rings is 2. The molecule has 0 bridgehead atoms. The smallest absolute Gasteiger partial charge is 0.213 e. The van der Waals surface area contributed by atoms with E-state index in [1.54, 1.807) is 14.2 Å². The minimum Gasteiger partial charge on any atom is -0.495 e. The van der Waals surface area contributed by atoms with Crippen molar-refractivity contribution in [3.05, 3.63) is 60.2 Å². The molecule has 1 atom stereocenters. The lowest BCUT2D eigenvalue weighted by Gasteiger charge is -2.22. The van der Waals surface area contributed by atoms with Crippen molar-refractivity contribution < 1.29 is 13.2 Å². The Bertz CT molecular complexity index is 966. The predicted octanol–water partition coefficient (Wildman–Crippen LogP) is 1.56. The van der Waals surface area contributed by atoms with Gasteiger partial charge in [-0.25, -0.2) is 13.1 Å². The van der Waals surface area contributed by atoms with E-state index in [0.29, 0.717) is 5.96 Å². The molecule has 31 heavy (non-hydrogen) atoms. The van der Waals surface area contributed by atoms with Crippen LogP contribution in [0.5, 0.6) is 5.75 Å². The molecule has 1 saturated heterocycles. The van der Waals surface area contributed by atoms with Gasteiger partial charge in [-0.3, -0.25) is 4.99 Å². The van der Waals surface area contributed by atoms with E-state index < -0.39 is 10.0 Å². The van der Waals surface area contributed by atoms with Crippen LogP contribution in [0.1, 0.15) is 12.0 Å². The largest absolute Gasteiger partial charge is 0.495 e. The van der Waals surface area contributed by atoms with E-state index in [-0.39, 0.29) is 24.9 Å². The summed E-state index contributed by atoms with van der Waals surface area (Å²) in [6.07, 6.45) is 0.954. The Balaban J connectivity index is 1.43. The van der Waals surface area contributed by atoms with Gasteiger partial charge in [-0.15, -0.1) is 0 Å². The zero-order valence-corrected chi connectivity index (χ0v) is 18.9. The van der Waals surface area contributed by atoms with Crippen molar-refractivity contribution in [1.82, 2.24) is 15.4 Å². The number of methoxy groups -OCH3 is 1. The first-order chi connectivity index (χ1) is 15.0. The summed E-state index contributed by atoms with van der Waals surface area (Å²) in [7, 11) is -0.0161. The molecule has 1 aliphatic rings. The van der Waals surface area contributed by atoms with Gasteiger partial charge in [0.05, 0.1) is 18.6 Å². The summed E-state index contributed by atoms with van der Waals surface area (Å²) in [6.45, 7) is 2.29. The molecule has 1 aliphatic heterocycles. The molecule has 2 aromatic carbocycles. The van der Waals surface area contributed by atoms with Crippen LogP contribution in [0.3, 0.4) is 0 Å². The maximum absolute atomic E-state index is 12.2. The third-order valence-corrected chi connectivity index (χ3v) is 6.51. The molecule has 2 aromatic rings. The maximum Gasteiger partial charge on any atom is 0.213 e. The van der Waals surface area contributed by atoms with Crippen LogP contribution < -0.4 is 25.0 Å². The maximum atomic E-state index is 12.2. The summed E-state index contributed by atoms with van der Waals surface area (Å²) < 4.78 is 32.6. The summed E-state index contributed by atoms with van der Waals surface area (Å²) in [6, 6.07) is 17.7. The number of rotatable bonds is 9. The molecular formula is C22H31N5O3S. The van der Waals surface area contributed by atoms with Gasteiger partial charge in [0.2, 0.25) is 10.0 Å². The number of hydrogen-bond donors (Lipinski definition) is 3. The Morgan fingerprint density at radius 2 is 1.90 bits per heavy atom. The van der Waals surface area contributed by atoms with E-state index in [9.17, 15) is 8.42 Å². The molecule has 0 spiro atoms. The summed E-state index contributed by atoms with van der Waals surface area (Å²) in [4.78, 5) is 6.51. The lowest BCUT2D eigenvalue weighted by molar-refractivity contribution is 0.415. The van der Waals surface area contributed by atoms with Gasteiger partial charge in [-0.05, 0) is 24.1 Å². The standard InChI is InChI=1S/C22H31N5O3S/c1-23-22(24-13-15-31(28,29)25-16-18-8-4-3-5-9-18)26-19-12-14-27(17-19)20-10-6-7-11-21(20)30-2/h3-11,19,25H,12-17H2,1-2H3,(H2,23,24,26). The molecule has 0 radical (unpaired) electrons. The van der Waals surface area contributed by atoms with Gasteiger partial charge in [0, 0.05) is 39.3 Å². The second-order valence-electron chi connectivity index (χ2n) is 7.37. The fraction of sp³-hybridized carbons (Fsp3) is 0.409. The lowest BCUT2D eigenvalue weighted by atomic mass is 10.2. The van der Waals surface area contributed by atoms with Crippen molar-refractivity contribution in [2.75, 3.05) is 44.4 Å². The number of guanidine groups is 1. The number of nitrogens with one attached hydrogen (secondary N) is 3. The van der Waals surface area contributed by atoms with Crippen LogP contribution >= 0.6 is 0 Å². The fourth-order valence-electron chi connectivity index (χ4n) is 3.54. The first-order valence-electron chi connectivity index (χ1n) is 10.4. The highest BCUT2D eigenvalue weighted by molar-refractivity contribution is 7.89. The minimum absolute atomic E-state index is 0.0292. The molecule has 9 heteroatoms. The van der Waals surface area contributed by atoms with Gasteiger partial charge in [0.15, 0.2) is 5.96 Å². The topological polar surface area (TPSA) is 95.1 Å². The van der Waals surface area contributed by atoms with Crippen molar-refractivity contribution in [1.29, 1.82) is 0 Å². The van der Waals surface area contributed by atoms with Gasteiger partial charge in [-0.2, -0.15) is 0 Å². The number of ether oxygens (including phenoxy) is 1. The van der Waals surface area contributed by atoms with Crippen molar-refractivity contribution in [2.45, 2.75) is 19.0 Å². The number of anilines is 1. The van der Waals surface area contributed by atoms with Crippen molar-refractivity contribution >= 4 is 21.7 Å². The summed E-state index contributed by atoms with van der Waals surface area (Å²) in [5.74, 6) is 1.43. The summed E-state index contributed by atoms with van der Waals surface area (Å²) >= 11 is 0. The minimum atomic E-state index is -3.38. The van der Waals surface area contributed by atoms with Crippen molar-refractivity contribution in [3.8, 4) is 5.75 Å².